The van der Waals surface area contributed by atoms with E-state index in [2.05, 4.69) is 10.4 Å². The summed E-state index contributed by atoms with van der Waals surface area (Å²) in [6.07, 6.45) is 3.73. The molecule has 0 unspecified atom stereocenters. The van der Waals surface area contributed by atoms with E-state index in [-0.39, 0.29) is 17.7 Å². The lowest BCUT2D eigenvalue weighted by molar-refractivity contribution is 0.116. The Balaban J connectivity index is 2.09. The van der Waals surface area contributed by atoms with Crippen molar-refractivity contribution in [2.75, 3.05) is 5.32 Å². The molecule has 0 spiro atoms. The van der Waals surface area contributed by atoms with Crippen molar-refractivity contribution in [1.29, 1.82) is 0 Å². The third-order valence-electron chi connectivity index (χ3n) is 3.18. The minimum absolute atomic E-state index is 0.0711. The maximum Gasteiger partial charge on any atom is 0.266 e. The van der Waals surface area contributed by atoms with Crippen molar-refractivity contribution < 1.29 is 5.11 Å². The van der Waals surface area contributed by atoms with Gasteiger partial charge in [0.2, 0.25) is 0 Å². The van der Waals surface area contributed by atoms with E-state index >= 15 is 0 Å². The fourth-order valence-corrected chi connectivity index (χ4v) is 2.27. The number of aliphatic hydroxyl groups is 1. The van der Waals surface area contributed by atoms with Gasteiger partial charge in [-0.3, -0.25) is 14.6 Å². The van der Waals surface area contributed by atoms with Crippen LogP contribution in [0.5, 0.6) is 0 Å². The Morgan fingerprint density at radius 2 is 2.31 bits per heavy atom. The largest absolute Gasteiger partial charge is 0.391 e. The van der Waals surface area contributed by atoms with Gasteiger partial charge in [-0.2, -0.15) is 0 Å². The number of aromatic amines is 1. The molecule has 1 aliphatic rings. The van der Waals surface area contributed by atoms with Crippen LogP contribution in [-0.2, 0) is 6.54 Å². The monoisotopic (exact) mass is 225 g/mol. The second kappa shape index (κ2) is 4.74. The van der Waals surface area contributed by atoms with E-state index in [4.69, 9.17) is 0 Å². The predicted octanol–water partition coefficient (Wildman–Crippen LogP) is 0.912. The fraction of sp³-hybridized carbons (Fsp3) is 0.727. The zero-order chi connectivity index (χ0) is 11.5. The molecular weight excluding hydrogens is 206 g/mol. The summed E-state index contributed by atoms with van der Waals surface area (Å²) in [7, 11) is 0. The maximum atomic E-state index is 11.2. The molecule has 5 heteroatoms. The number of aromatic nitrogens is 2. The van der Waals surface area contributed by atoms with Gasteiger partial charge in [0.25, 0.3) is 5.56 Å². The first kappa shape index (κ1) is 11.3. The van der Waals surface area contributed by atoms with Crippen LogP contribution in [-0.4, -0.2) is 27.0 Å². The van der Waals surface area contributed by atoms with Crippen LogP contribution < -0.4 is 10.9 Å². The quantitative estimate of drug-likeness (QED) is 0.716. The fourth-order valence-electron chi connectivity index (χ4n) is 2.27. The first-order valence-electron chi connectivity index (χ1n) is 5.95. The number of hydrogen-bond acceptors (Lipinski definition) is 3. The number of aryl methyl sites for hydroxylation is 1. The van der Waals surface area contributed by atoms with Crippen molar-refractivity contribution in [3.63, 3.8) is 0 Å². The van der Waals surface area contributed by atoms with E-state index in [0.717, 1.165) is 31.5 Å². The number of nitrogens with one attached hydrogen (secondary N) is 2. The highest BCUT2D eigenvalue weighted by Gasteiger charge is 2.23. The van der Waals surface area contributed by atoms with E-state index in [9.17, 15) is 9.90 Å². The Morgan fingerprint density at radius 3 is 3.00 bits per heavy atom. The molecule has 1 aromatic rings. The number of hydrogen-bond donors (Lipinski definition) is 3. The Bertz CT molecular complexity index is 396. The molecule has 0 bridgehead atoms. The van der Waals surface area contributed by atoms with Gasteiger partial charge < -0.3 is 10.4 Å². The molecule has 2 rings (SSSR count). The molecular formula is C11H19N3O2. The predicted molar refractivity (Wildman–Crippen MR) is 62.6 cm³/mol. The highest BCUT2D eigenvalue weighted by Crippen LogP contribution is 2.21. The second-order valence-corrected chi connectivity index (χ2v) is 4.35. The molecule has 0 saturated heterocycles. The van der Waals surface area contributed by atoms with Crippen molar-refractivity contribution in [1.82, 2.24) is 9.78 Å². The van der Waals surface area contributed by atoms with Crippen LogP contribution in [0.3, 0.4) is 0 Å². The topological polar surface area (TPSA) is 70.0 Å². The molecule has 90 valence electrons. The summed E-state index contributed by atoms with van der Waals surface area (Å²) in [5, 5.41) is 15.8. The van der Waals surface area contributed by atoms with Gasteiger partial charge in [0.15, 0.2) is 0 Å². The molecule has 1 aromatic heterocycles. The smallest absolute Gasteiger partial charge is 0.266 e. The average Bonchev–Trinajstić information content (AvgIpc) is 2.62. The van der Waals surface area contributed by atoms with Gasteiger partial charge in [0.05, 0.1) is 12.1 Å². The molecule has 0 radical (unpaired) electrons. The van der Waals surface area contributed by atoms with Crippen molar-refractivity contribution in [3.05, 3.63) is 16.4 Å². The van der Waals surface area contributed by atoms with E-state index in [0.29, 0.717) is 6.54 Å². The molecule has 16 heavy (non-hydrogen) atoms. The Hall–Kier alpha value is -1.23. The van der Waals surface area contributed by atoms with E-state index in [1.165, 1.54) is 0 Å². The van der Waals surface area contributed by atoms with E-state index in [1.807, 2.05) is 6.92 Å². The van der Waals surface area contributed by atoms with Gasteiger partial charge in [-0.05, 0) is 19.8 Å². The lowest BCUT2D eigenvalue weighted by Gasteiger charge is -2.29. The normalized spacial score (nSPS) is 25.6. The summed E-state index contributed by atoms with van der Waals surface area (Å²) in [5.74, 6) is 0.776. The SMILES string of the molecule is CCn1[nH]c(=O)cc1N[C@@H]1CCCC[C@H]1O. The number of H-pyrrole nitrogens is 1. The molecule has 1 aliphatic carbocycles. The van der Waals surface area contributed by atoms with Crippen LogP contribution in [0.4, 0.5) is 5.82 Å². The summed E-state index contributed by atoms with van der Waals surface area (Å²) >= 11 is 0. The van der Waals surface area contributed by atoms with Gasteiger partial charge in [0, 0.05) is 12.6 Å². The first-order valence-corrected chi connectivity index (χ1v) is 5.95. The zero-order valence-electron chi connectivity index (χ0n) is 9.57. The van der Waals surface area contributed by atoms with E-state index < -0.39 is 0 Å². The highest BCUT2D eigenvalue weighted by atomic mass is 16.3. The number of aliphatic hydroxyl groups excluding tert-OH is 1. The Kier molecular flexibility index (Phi) is 3.33. The van der Waals surface area contributed by atoms with Gasteiger partial charge >= 0.3 is 0 Å². The first-order chi connectivity index (χ1) is 7.70. The minimum atomic E-state index is -0.302. The minimum Gasteiger partial charge on any atom is -0.391 e. The standard InChI is InChI=1S/C11H19N3O2/c1-2-14-10(7-11(16)13-14)12-8-5-3-4-6-9(8)15/h7-9,12,15H,2-6H2,1H3,(H,13,16)/t8-,9-/m1/s1. The number of nitrogens with zero attached hydrogens (tertiary/aromatic N) is 1. The molecule has 0 amide bonds. The molecule has 0 aliphatic heterocycles. The van der Waals surface area contributed by atoms with Crippen molar-refractivity contribution in [3.8, 4) is 0 Å². The molecule has 1 fully saturated rings. The van der Waals surface area contributed by atoms with Crippen LogP contribution in [0.2, 0.25) is 0 Å². The van der Waals surface area contributed by atoms with Gasteiger partial charge in [-0.15, -0.1) is 0 Å². The van der Waals surface area contributed by atoms with Crippen molar-refractivity contribution in [2.45, 2.75) is 51.3 Å². The molecule has 5 nitrogen and oxygen atoms in total. The summed E-state index contributed by atoms with van der Waals surface area (Å²) in [4.78, 5) is 11.2. The lowest BCUT2D eigenvalue weighted by Crippen LogP contribution is -2.36. The molecule has 0 aromatic carbocycles. The molecule has 1 heterocycles. The summed E-state index contributed by atoms with van der Waals surface area (Å²) in [5.41, 5.74) is -0.102. The zero-order valence-corrected chi connectivity index (χ0v) is 9.57. The Labute approximate surface area is 94.5 Å². The number of anilines is 1. The van der Waals surface area contributed by atoms with Gasteiger partial charge in [-0.25, -0.2) is 0 Å². The average molecular weight is 225 g/mol. The van der Waals surface area contributed by atoms with Crippen LogP contribution in [0.15, 0.2) is 10.9 Å². The summed E-state index contributed by atoms with van der Waals surface area (Å²) in [6.45, 7) is 2.69. The molecule has 2 atom stereocenters. The van der Waals surface area contributed by atoms with Gasteiger partial charge in [-0.1, -0.05) is 12.8 Å². The summed E-state index contributed by atoms with van der Waals surface area (Å²) < 4.78 is 1.77. The van der Waals surface area contributed by atoms with Crippen molar-refractivity contribution >= 4 is 5.82 Å². The Morgan fingerprint density at radius 1 is 1.56 bits per heavy atom. The van der Waals surface area contributed by atoms with Crippen LogP contribution >= 0.6 is 0 Å². The third kappa shape index (κ3) is 2.29. The van der Waals surface area contributed by atoms with Crippen molar-refractivity contribution in [2.24, 2.45) is 0 Å². The van der Waals surface area contributed by atoms with E-state index in [1.54, 1.807) is 10.7 Å². The second-order valence-electron chi connectivity index (χ2n) is 4.35. The highest BCUT2D eigenvalue weighted by molar-refractivity contribution is 5.35. The molecule has 1 saturated carbocycles. The maximum absolute atomic E-state index is 11.2. The number of rotatable bonds is 3. The molecule has 3 N–H and O–H groups in total. The van der Waals surface area contributed by atoms with Crippen LogP contribution in [0.1, 0.15) is 32.6 Å². The van der Waals surface area contributed by atoms with Gasteiger partial charge in [0.1, 0.15) is 5.82 Å². The lowest BCUT2D eigenvalue weighted by atomic mass is 9.93. The summed E-state index contributed by atoms with van der Waals surface area (Å²) in [6, 6.07) is 1.62. The third-order valence-corrected chi connectivity index (χ3v) is 3.18. The van der Waals surface area contributed by atoms with Crippen LogP contribution in [0, 0.1) is 0 Å². The van der Waals surface area contributed by atoms with Crippen LogP contribution in [0.25, 0.3) is 0 Å².